The third-order valence-electron chi connectivity index (χ3n) is 2.84. The Labute approximate surface area is 121 Å². The fourth-order valence-electron chi connectivity index (χ4n) is 1.88. The first-order chi connectivity index (χ1) is 9.60. The number of anilines is 1. The van der Waals surface area contributed by atoms with Crippen molar-refractivity contribution in [2.45, 2.75) is 19.9 Å². The van der Waals surface area contributed by atoms with Crippen LogP contribution in [0.15, 0.2) is 35.0 Å². The van der Waals surface area contributed by atoms with Crippen molar-refractivity contribution in [3.63, 3.8) is 0 Å². The van der Waals surface area contributed by atoms with E-state index in [-0.39, 0.29) is 11.7 Å². The first-order valence-corrected chi connectivity index (χ1v) is 7.25. The molecule has 1 heterocycles. The zero-order valence-electron chi connectivity index (χ0n) is 11.3. The summed E-state index contributed by atoms with van der Waals surface area (Å²) in [5.74, 6) is 0.502. The largest absolute Gasteiger partial charge is 0.494 e. The van der Waals surface area contributed by atoms with Gasteiger partial charge in [0, 0.05) is 23.9 Å². The number of nitrogens with one attached hydrogen (secondary N) is 1. The molecule has 1 N–H and O–H groups in total. The van der Waals surface area contributed by atoms with E-state index in [0.29, 0.717) is 18.0 Å². The van der Waals surface area contributed by atoms with Crippen LogP contribution in [0.2, 0.25) is 0 Å². The maximum atomic E-state index is 10.9. The summed E-state index contributed by atoms with van der Waals surface area (Å²) in [4.78, 5) is 10.5. The highest BCUT2D eigenvalue weighted by molar-refractivity contribution is 7.07. The van der Waals surface area contributed by atoms with Crippen molar-refractivity contribution >= 4 is 22.7 Å². The molecule has 0 radical (unpaired) electrons. The van der Waals surface area contributed by atoms with E-state index in [0.717, 1.165) is 5.56 Å². The molecule has 0 aliphatic heterocycles. The zero-order chi connectivity index (χ0) is 14.5. The van der Waals surface area contributed by atoms with E-state index in [1.54, 1.807) is 17.4 Å². The number of nitro groups is 1. The minimum atomic E-state index is -0.414. The predicted octanol–water partition coefficient (Wildman–Crippen LogP) is 4.23. The SMILES string of the molecule is CCOc1cc(NC(C)c2ccsc2)cc([N+](=O)[O-])c1. The molecule has 0 saturated heterocycles. The van der Waals surface area contributed by atoms with E-state index in [4.69, 9.17) is 4.74 Å². The van der Waals surface area contributed by atoms with E-state index in [1.165, 1.54) is 12.1 Å². The lowest BCUT2D eigenvalue weighted by Crippen LogP contribution is -2.06. The Morgan fingerprint density at radius 1 is 1.45 bits per heavy atom. The molecule has 0 aliphatic carbocycles. The molecule has 0 aliphatic rings. The molecule has 1 aromatic heterocycles. The van der Waals surface area contributed by atoms with E-state index in [9.17, 15) is 10.1 Å². The number of thiophene rings is 1. The molecule has 1 atom stereocenters. The Morgan fingerprint density at radius 3 is 2.85 bits per heavy atom. The second-order valence-electron chi connectivity index (χ2n) is 4.33. The van der Waals surface area contributed by atoms with Gasteiger partial charge in [0.15, 0.2) is 0 Å². The predicted molar refractivity (Wildman–Crippen MR) is 80.6 cm³/mol. The number of non-ortho nitro benzene ring substituents is 1. The number of benzene rings is 1. The molecule has 2 aromatic rings. The molecule has 1 unspecified atom stereocenters. The van der Waals surface area contributed by atoms with Crippen LogP contribution in [0.25, 0.3) is 0 Å². The van der Waals surface area contributed by atoms with Crippen molar-refractivity contribution in [1.82, 2.24) is 0 Å². The molecule has 0 amide bonds. The fourth-order valence-corrected chi connectivity index (χ4v) is 2.63. The van der Waals surface area contributed by atoms with Gasteiger partial charge in [-0.1, -0.05) is 0 Å². The molecule has 20 heavy (non-hydrogen) atoms. The monoisotopic (exact) mass is 292 g/mol. The van der Waals surface area contributed by atoms with Crippen LogP contribution in [-0.4, -0.2) is 11.5 Å². The molecular weight excluding hydrogens is 276 g/mol. The average Bonchev–Trinajstić information content (AvgIpc) is 2.92. The molecule has 0 saturated carbocycles. The zero-order valence-corrected chi connectivity index (χ0v) is 12.1. The van der Waals surface area contributed by atoms with Crippen LogP contribution in [0.4, 0.5) is 11.4 Å². The van der Waals surface area contributed by atoms with E-state index >= 15 is 0 Å². The van der Waals surface area contributed by atoms with Crippen LogP contribution in [0.1, 0.15) is 25.5 Å². The molecule has 0 spiro atoms. The van der Waals surface area contributed by atoms with Gasteiger partial charge in [-0.15, -0.1) is 0 Å². The Hall–Kier alpha value is -2.08. The van der Waals surface area contributed by atoms with Crippen molar-refractivity contribution in [1.29, 1.82) is 0 Å². The van der Waals surface area contributed by atoms with Crippen molar-refractivity contribution in [2.75, 3.05) is 11.9 Å². The highest BCUT2D eigenvalue weighted by atomic mass is 32.1. The van der Waals surface area contributed by atoms with Gasteiger partial charge in [-0.2, -0.15) is 11.3 Å². The van der Waals surface area contributed by atoms with Crippen LogP contribution in [0.3, 0.4) is 0 Å². The molecule has 106 valence electrons. The minimum Gasteiger partial charge on any atom is -0.494 e. The lowest BCUT2D eigenvalue weighted by Gasteiger charge is -2.15. The second kappa shape index (κ2) is 6.38. The van der Waals surface area contributed by atoms with Gasteiger partial charge in [0.2, 0.25) is 0 Å². The van der Waals surface area contributed by atoms with Gasteiger partial charge in [0.05, 0.1) is 17.6 Å². The number of hydrogen-bond acceptors (Lipinski definition) is 5. The first-order valence-electron chi connectivity index (χ1n) is 6.31. The third-order valence-corrected chi connectivity index (χ3v) is 3.54. The van der Waals surface area contributed by atoms with E-state index < -0.39 is 4.92 Å². The van der Waals surface area contributed by atoms with Crippen molar-refractivity contribution in [3.8, 4) is 5.75 Å². The van der Waals surface area contributed by atoms with Gasteiger partial charge < -0.3 is 10.1 Å². The van der Waals surface area contributed by atoms with Crippen LogP contribution < -0.4 is 10.1 Å². The first kappa shape index (κ1) is 14.3. The highest BCUT2D eigenvalue weighted by Crippen LogP contribution is 2.29. The summed E-state index contributed by atoms with van der Waals surface area (Å²) in [6, 6.07) is 6.84. The van der Waals surface area contributed by atoms with Crippen LogP contribution in [-0.2, 0) is 0 Å². The van der Waals surface area contributed by atoms with Crippen molar-refractivity contribution in [3.05, 3.63) is 50.7 Å². The maximum Gasteiger partial charge on any atom is 0.275 e. The van der Waals surface area contributed by atoms with Gasteiger partial charge in [0.25, 0.3) is 5.69 Å². The van der Waals surface area contributed by atoms with Crippen molar-refractivity contribution < 1.29 is 9.66 Å². The highest BCUT2D eigenvalue weighted by Gasteiger charge is 2.13. The Balaban J connectivity index is 2.23. The van der Waals surface area contributed by atoms with Gasteiger partial charge in [-0.3, -0.25) is 10.1 Å². The fraction of sp³-hybridized carbons (Fsp3) is 0.286. The number of nitrogens with zero attached hydrogens (tertiary/aromatic N) is 1. The molecule has 0 bridgehead atoms. The van der Waals surface area contributed by atoms with E-state index in [2.05, 4.69) is 10.7 Å². The quantitative estimate of drug-likeness (QED) is 0.639. The lowest BCUT2D eigenvalue weighted by molar-refractivity contribution is -0.384. The second-order valence-corrected chi connectivity index (χ2v) is 5.11. The Morgan fingerprint density at radius 2 is 2.25 bits per heavy atom. The summed E-state index contributed by atoms with van der Waals surface area (Å²) < 4.78 is 5.37. The van der Waals surface area contributed by atoms with Gasteiger partial charge in [-0.05, 0) is 36.2 Å². The smallest absolute Gasteiger partial charge is 0.275 e. The minimum absolute atomic E-state index is 0.0240. The summed E-state index contributed by atoms with van der Waals surface area (Å²) >= 11 is 1.62. The Bertz CT molecular complexity index is 584. The molecule has 5 nitrogen and oxygen atoms in total. The average molecular weight is 292 g/mol. The van der Waals surface area contributed by atoms with E-state index in [1.807, 2.05) is 25.3 Å². The molecule has 1 aromatic carbocycles. The van der Waals surface area contributed by atoms with Gasteiger partial charge in [-0.25, -0.2) is 0 Å². The summed E-state index contributed by atoms with van der Waals surface area (Å²) in [5, 5.41) is 18.3. The summed E-state index contributed by atoms with van der Waals surface area (Å²) in [6.07, 6.45) is 0. The number of ether oxygens (including phenoxy) is 1. The van der Waals surface area contributed by atoms with Crippen LogP contribution >= 0.6 is 11.3 Å². The molecular formula is C14H16N2O3S. The molecule has 6 heteroatoms. The normalized spacial score (nSPS) is 11.9. The lowest BCUT2D eigenvalue weighted by atomic mass is 10.1. The standard InChI is InChI=1S/C14H16N2O3S/c1-3-19-14-7-12(6-13(8-14)16(17)18)15-10(2)11-4-5-20-9-11/h4-10,15H,3H2,1-2H3. The number of nitro benzene ring substituents is 1. The van der Waals surface area contributed by atoms with Crippen molar-refractivity contribution in [2.24, 2.45) is 0 Å². The van der Waals surface area contributed by atoms with Gasteiger partial charge in [0.1, 0.15) is 5.75 Å². The molecule has 2 rings (SSSR count). The topological polar surface area (TPSA) is 64.4 Å². The maximum absolute atomic E-state index is 10.9. The number of hydrogen-bond donors (Lipinski definition) is 1. The van der Waals surface area contributed by atoms with Crippen LogP contribution in [0.5, 0.6) is 5.75 Å². The van der Waals surface area contributed by atoms with Gasteiger partial charge >= 0.3 is 0 Å². The summed E-state index contributed by atoms with van der Waals surface area (Å²) in [7, 11) is 0. The summed E-state index contributed by atoms with van der Waals surface area (Å²) in [5.41, 5.74) is 1.86. The third kappa shape index (κ3) is 3.48. The Kier molecular flexibility index (Phi) is 4.57. The molecule has 0 fully saturated rings. The summed E-state index contributed by atoms with van der Waals surface area (Å²) in [6.45, 7) is 4.34. The van der Waals surface area contributed by atoms with Crippen LogP contribution in [0, 0.1) is 10.1 Å². The number of rotatable bonds is 6.